The summed E-state index contributed by atoms with van der Waals surface area (Å²) in [5.41, 5.74) is 0.0164. The van der Waals surface area contributed by atoms with E-state index in [1.165, 1.54) is 12.1 Å². The Morgan fingerprint density at radius 3 is 2.50 bits per heavy atom. The van der Waals surface area contributed by atoms with Gasteiger partial charge in [-0.05, 0) is 17.5 Å². The van der Waals surface area contributed by atoms with Gasteiger partial charge in [0.15, 0.2) is 0 Å². The smallest absolute Gasteiger partial charge is 0.273 e. The van der Waals surface area contributed by atoms with Gasteiger partial charge in [-0.1, -0.05) is 42.5 Å². The Bertz CT molecular complexity index is 778. The molecule has 0 radical (unpaired) electrons. The van der Waals surface area contributed by atoms with Crippen LogP contribution in [0, 0.1) is 10.1 Å². The van der Waals surface area contributed by atoms with Crippen LogP contribution in [0.1, 0.15) is 0 Å². The van der Waals surface area contributed by atoms with Crippen LogP contribution in [0.5, 0.6) is 11.5 Å². The van der Waals surface area contributed by atoms with Crippen LogP contribution in [0.25, 0.3) is 10.8 Å². The molecule has 0 atom stereocenters. The number of ether oxygens (including phenoxy) is 1. The first-order chi connectivity index (χ1) is 9.74. The number of nitro benzene ring substituents is 1. The van der Waals surface area contributed by atoms with E-state index in [9.17, 15) is 10.1 Å². The Hall–Kier alpha value is -2.88. The fraction of sp³-hybridized carbons (Fsp3) is 0. The summed E-state index contributed by atoms with van der Waals surface area (Å²) >= 11 is 0. The molecule has 0 saturated heterocycles. The van der Waals surface area contributed by atoms with Crippen molar-refractivity contribution in [2.45, 2.75) is 0 Å². The highest BCUT2D eigenvalue weighted by atomic mass is 16.6. The standard InChI is InChI=1S/C16H11NO3/c18-17(19)13-7-4-8-14(11-13)20-16-10-3-6-12-5-1-2-9-15(12)16/h1-11H. The van der Waals surface area contributed by atoms with Crippen LogP contribution >= 0.6 is 0 Å². The molecule has 3 aromatic rings. The Kier molecular flexibility index (Phi) is 3.05. The summed E-state index contributed by atoms with van der Waals surface area (Å²) in [6.45, 7) is 0. The predicted molar refractivity (Wildman–Crippen MR) is 77.1 cm³/mol. The number of hydrogen-bond donors (Lipinski definition) is 0. The van der Waals surface area contributed by atoms with Gasteiger partial charge in [-0.2, -0.15) is 0 Å². The van der Waals surface area contributed by atoms with Gasteiger partial charge < -0.3 is 4.74 Å². The van der Waals surface area contributed by atoms with Gasteiger partial charge in [0, 0.05) is 11.5 Å². The molecule has 0 aliphatic carbocycles. The van der Waals surface area contributed by atoms with Crippen LogP contribution < -0.4 is 4.74 Å². The van der Waals surface area contributed by atoms with Gasteiger partial charge >= 0.3 is 0 Å². The largest absolute Gasteiger partial charge is 0.456 e. The minimum atomic E-state index is -0.435. The van der Waals surface area contributed by atoms with E-state index < -0.39 is 4.92 Å². The van der Waals surface area contributed by atoms with E-state index >= 15 is 0 Å². The lowest BCUT2D eigenvalue weighted by molar-refractivity contribution is -0.384. The van der Waals surface area contributed by atoms with Crippen molar-refractivity contribution in [3.8, 4) is 11.5 Å². The van der Waals surface area contributed by atoms with E-state index in [1.807, 2.05) is 42.5 Å². The summed E-state index contributed by atoms with van der Waals surface area (Å²) in [7, 11) is 0. The van der Waals surface area contributed by atoms with E-state index in [2.05, 4.69) is 0 Å². The van der Waals surface area contributed by atoms with E-state index in [0.717, 1.165) is 10.8 Å². The molecule has 98 valence electrons. The monoisotopic (exact) mass is 265 g/mol. The fourth-order valence-electron chi connectivity index (χ4n) is 2.07. The molecule has 0 aliphatic rings. The summed E-state index contributed by atoms with van der Waals surface area (Å²) in [4.78, 5) is 10.3. The second kappa shape index (κ2) is 5.01. The number of hydrogen-bond acceptors (Lipinski definition) is 3. The lowest BCUT2D eigenvalue weighted by Gasteiger charge is -2.08. The van der Waals surface area contributed by atoms with Crippen LogP contribution in [-0.2, 0) is 0 Å². The maximum absolute atomic E-state index is 10.8. The quantitative estimate of drug-likeness (QED) is 0.516. The van der Waals surface area contributed by atoms with Crippen molar-refractivity contribution in [2.75, 3.05) is 0 Å². The average molecular weight is 265 g/mol. The first kappa shape index (κ1) is 12.2. The molecule has 0 aromatic heterocycles. The summed E-state index contributed by atoms with van der Waals surface area (Å²) in [5.74, 6) is 1.14. The van der Waals surface area contributed by atoms with Crippen molar-refractivity contribution >= 4 is 16.5 Å². The van der Waals surface area contributed by atoms with Gasteiger partial charge in [0.05, 0.1) is 11.0 Å². The normalized spacial score (nSPS) is 10.4. The van der Waals surface area contributed by atoms with Crippen LogP contribution in [0.2, 0.25) is 0 Å². The number of fused-ring (bicyclic) bond motifs is 1. The SMILES string of the molecule is O=[N+]([O-])c1cccc(Oc2cccc3ccccc23)c1. The number of rotatable bonds is 3. The summed E-state index contributed by atoms with van der Waals surface area (Å²) in [6, 6.07) is 19.8. The Balaban J connectivity index is 2.01. The van der Waals surface area contributed by atoms with Crippen LogP contribution in [0.4, 0.5) is 5.69 Å². The zero-order valence-corrected chi connectivity index (χ0v) is 10.5. The van der Waals surface area contributed by atoms with Crippen molar-refractivity contribution in [1.82, 2.24) is 0 Å². The van der Waals surface area contributed by atoms with Gasteiger partial charge in [-0.15, -0.1) is 0 Å². The van der Waals surface area contributed by atoms with Crippen LogP contribution in [-0.4, -0.2) is 4.92 Å². The third-order valence-electron chi connectivity index (χ3n) is 3.01. The van der Waals surface area contributed by atoms with E-state index in [-0.39, 0.29) is 5.69 Å². The molecule has 0 heterocycles. The molecule has 4 heteroatoms. The van der Waals surface area contributed by atoms with Gasteiger partial charge in [0.2, 0.25) is 0 Å². The second-order valence-electron chi connectivity index (χ2n) is 4.33. The Labute approximate surface area is 115 Å². The molecule has 0 saturated carbocycles. The Morgan fingerprint density at radius 2 is 1.65 bits per heavy atom. The predicted octanol–water partition coefficient (Wildman–Crippen LogP) is 4.54. The molecule has 20 heavy (non-hydrogen) atoms. The molecule has 3 aromatic carbocycles. The van der Waals surface area contributed by atoms with Crippen LogP contribution in [0.15, 0.2) is 66.7 Å². The van der Waals surface area contributed by atoms with E-state index in [4.69, 9.17) is 4.74 Å². The van der Waals surface area contributed by atoms with Crippen molar-refractivity contribution in [3.05, 3.63) is 76.8 Å². The maximum Gasteiger partial charge on any atom is 0.273 e. The number of non-ortho nitro benzene ring substituents is 1. The molecule has 4 nitrogen and oxygen atoms in total. The molecule has 0 bridgehead atoms. The third kappa shape index (κ3) is 2.31. The number of nitrogens with zero attached hydrogens (tertiary/aromatic N) is 1. The summed E-state index contributed by atoms with van der Waals surface area (Å²) in [6.07, 6.45) is 0. The van der Waals surface area contributed by atoms with Gasteiger partial charge in [-0.25, -0.2) is 0 Å². The molecule has 0 spiro atoms. The molecule has 0 N–H and O–H groups in total. The topological polar surface area (TPSA) is 52.4 Å². The first-order valence-electron chi connectivity index (χ1n) is 6.14. The van der Waals surface area contributed by atoms with E-state index in [0.29, 0.717) is 11.5 Å². The minimum absolute atomic E-state index is 0.0164. The van der Waals surface area contributed by atoms with Crippen molar-refractivity contribution in [1.29, 1.82) is 0 Å². The zero-order chi connectivity index (χ0) is 13.9. The fourth-order valence-corrected chi connectivity index (χ4v) is 2.07. The molecule has 0 amide bonds. The Morgan fingerprint density at radius 1 is 0.900 bits per heavy atom. The molecule has 3 rings (SSSR count). The van der Waals surface area contributed by atoms with Gasteiger partial charge in [-0.3, -0.25) is 10.1 Å². The lowest BCUT2D eigenvalue weighted by atomic mass is 10.1. The maximum atomic E-state index is 10.8. The highest BCUT2D eigenvalue weighted by molar-refractivity contribution is 5.88. The van der Waals surface area contributed by atoms with Crippen molar-refractivity contribution < 1.29 is 9.66 Å². The highest BCUT2D eigenvalue weighted by Gasteiger charge is 2.08. The zero-order valence-electron chi connectivity index (χ0n) is 10.5. The number of nitro groups is 1. The van der Waals surface area contributed by atoms with Gasteiger partial charge in [0.1, 0.15) is 11.5 Å². The lowest BCUT2D eigenvalue weighted by Crippen LogP contribution is -1.90. The first-order valence-corrected chi connectivity index (χ1v) is 6.14. The third-order valence-corrected chi connectivity index (χ3v) is 3.01. The summed E-state index contributed by atoms with van der Waals surface area (Å²) < 4.78 is 5.78. The van der Waals surface area contributed by atoms with Crippen molar-refractivity contribution in [3.63, 3.8) is 0 Å². The molecule has 0 unspecified atom stereocenters. The second-order valence-corrected chi connectivity index (χ2v) is 4.33. The van der Waals surface area contributed by atoms with Gasteiger partial charge in [0.25, 0.3) is 5.69 Å². The molecular weight excluding hydrogens is 254 g/mol. The average Bonchev–Trinajstić information content (AvgIpc) is 2.48. The molecule has 0 fully saturated rings. The van der Waals surface area contributed by atoms with Crippen molar-refractivity contribution in [2.24, 2.45) is 0 Å². The number of benzene rings is 3. The summed E-state index contributed by atoms with van der Waals surface area (Å²) in [5, 5.41) is 12.8. The molecule has 0 aliphatic heterocycles. The molecular formula is C16H11NO3. The minimum Gasteiger partial charge on any atom is -0.456 e. The van der Waals surface area contributed by atoms with E-state index in [1.54, 1.807) is 12.1 Å². The highest BCUT2D eigenvalue weighted by Crippen LogP contribution is 2.31. The van der Waals surface area contributed by atoms with Crippen LogP contribution in [0.3, 0.4) is 0 Å².